The summed E-state index contributed by atoms with van der Waals surface area (Å²) in [5.41, 5.74) is 7.48. The minimum Gasteiger partial charge on any atom is -0.379 e. The number of hydrogen-bond donors (Lipinski definition) is 3. The number of amidine groups is 1. The Bertz CT molecular complexity index is 807. The Morgan fingerprint density at radius 2 is 2.16 bits per heavy atom. The minimum absolute atomic E-state index is 0.256. The van der Waals surface area contributed by atoms with Crippen molar-refractivity contribution in [3.63, 3.8) is 0 Å². The van der Waals surface area contributed by atoms with Gasteiger partial charge in [0.15, 0.2) is 5.17 Å². The third-order valence-corrected chi connectivity index (χ3v) is 4.87. The van der Waals surface area contributed by atoms with E-state index in [1.54, 1.807) is 18.8 Å². The number of hydrogen-bond acceptors (Lipinski definition) is 7. The Morgan fingerprint density at radius 3 is 2.84 bits per heavy atom. The van der Waals surface area contributed by atoms with Gasteiger partial charge >= 0.3 is 0 Å². The van der Waals surface area contributed by atoms with E-state index in [0.29, 0.717) is 16.7 Å². The zero-order valence-corrected chi connectivity index (χ0v) is 14.9. The molecule has 0 aliphatic carbocycles. The SMILES string of the molecule is CNc1cnc(C(=O)Nc2cccc(C3(C)CCSC(N)=N3)c2)cn1. The van der Waals surface area contributed by atoms with Crippen LogP contribution in [-0.2, 0) is 5.54 Å². The lowest BCUT2D eigenvalue weighted by Crippen LogP contribution is -2.28. The van der Waals surface area contributed by atoms with Gasteiger partial charge in [0.25, 0.3) is 5.91 Å². The van der Waals surface area contributed by atoms with Crippen LogP contribution >= 0.6 is 11.8 Å². The van der Waals surface area contributed by atoms with E-state index in [1.807, 2.05) is 24.3 Å². The third kappa shape index (κ3) is 3.90. The monoisotopic (exact) mass is 356 g/mol. The van der Waals surface area contributed by atoms with E-state index in [2.05, 4.69) is 32.5 Å². The molecule has 1 atom stereocenters. The normalized spacial score (nSPS) is 19.8. The highest BCUT2D eigenvalue weighted by Crippen LogP contribution is 2.35. The van der Waals surface area contributed by atoms with E-state index in [1.165, 1.54) is 12.4 Å². The maximum atomic E-state index is 12.3. The van der Waals surface area contributed by atoms with Crippen LogP contribution in [0.2, 0.25) is 0 Å². The highest BCUT2D eigenvalue weighted by atomic mass is 32.2. The molecule has 130 valence electrons. The van der Waals surface area contributed by atoms with Gasteiger partial charge < -0.3 is 16.4 Å². The number of amides is 1. The number of aromatic nitrogens is 2. The Balaban J connectivity index is 1.79. The molecule has 2 heterocycles. The molecule has 1 aliphatic heterocycles. The van der Waals surface area contributed by atoms with Gasteiger partial charge in [0, 0.05) is 18.5 Å². The van der Waals surface area contributed by atoms with Crippen molar-refractivity contribution >= 4 is 34.3 Å². The number of aliphatic imine (C=N–C) groups is 1. The maximum Gasteiger partial charge on any atom is 0.275 e. The fourth-order valence-corrected chi connectivity index (χ4v) is 3.57. The number of carbonyl (C=O) groups excluding carboxylic acids is 1. The average molecular weight is 356 g/mol. The summed E-state index contributed by atoms with van der Waals surface area (Å²) in [6.07, 6.45) is 3.85. The molecular weight excluding hydrogens is 336 g/mol. The van der Waals surface area contributed by atoms with Crippen molar-refractivity contribution in [2.24, 2.45) is 10.7 Å². The second-order valence-electron chi connectivity index (χ2n) is 5.89. The summed E-state index contributed by atoms with van der Waals surface area (Å²) in [7, 11) is 1.74. The summed E-state index contributed by atoms with van der Waals surface area (Å²) < 4.78 is 0. The maximum absolute atomic E-state index is 12.3. The quantitative estimate of drug-likeness (QED) is 0.777. The molecule has 1 unspecified atom stereocenters. The zero-order valence-electron chi connectivity index (χ0n) is 14.1. The number of benzene rings is 1. The molecule has 0 bridgehead atoms. The van der Waals surface area contributed by atoms with Gasteiger partial charge in [-0.3, -0.25) is 9.79 Å². The predicted octanol–water partition coefficient (Wildman–Crippen LogP) is 2.44. The number of anilines is 2. The van der Waals surface area contributed by atoms with Gasteiger partial charge in [0.1, 0.15) is 11.5 Å². The van der Waals surface area contributed by atoms with Crippen LogP contribution in [0.25, 0.3) is 0 Å². The Morgan fingerprint density at radius 1 is 1.32 bits per heavy atom. The Labute approximate surface area is 150 Å². The number of nitrogens with zero attached hydrogens (tertiary/aromatic N) is 3. The molecule has 25 heavy (non-hydrogen) atoms. The molecule has 1 amide bonds. The summed E-state index contributed by atoms with van der Waals surface area (Å²) in [6.45, 7) is 2.06. The van der Waals surface area contributed by atoms with Crippen LogP contribution in [0.3, 0.4) is 0 Å². The molecule has 0 fully saturated rings. The largest absolute Gasteiger partial charge is 0.379 e. The van der Waals surface area contributed by atoms with E-state index in [-0.39, 0.29) is 17.1 Å². The lowest BCUT2D eigenvalue weighted by Gasteiger charge is -2.30. The van der Waals surface area contributed by atoms with Crippen LogP contribution in [0.1, 0.15) is 29.4 Å². The van der Waals surface area contributed by atoms with E-state index in [9.17, 15) is 4.79 Å². The van der Waals surface area contributed by atoms with Crippen molar-refractivity contribution in [3.05, 3.63) is 47.9 Å². The van der Waals surface area contributed by atoms with E-state index >= 15 is 0 Å². The second kappa shape index (κ2) is 7.10. The lowest BCUT2D eigenvalue weighted by atomic mass is 9.89. The smallest absolute Gasteiger partial charge is 0.275 e. The fourth-order valence-electron chi connectivity index (χ4n) is 2.60. The van der Waals surface area contributed by atoms with Crippen LogP contribution in [0.4, 0.5) is 11.5 Å². The summed E-state index contributed by atoms with van der Waals surface area (Å²) in [4.78, 5) is 25.2. The molecule has 4 N–H and O–H groups in total. The Kier molecular flexibility index (Phi) is 4.89. The summed E-state index contributed by atoms with van der Waals surface area (Å²) in [5.74, 6) is 1.23. The zero-order chi connectivity index (χ0) is 17.9. The van der Waals surface area contributed by atoms with Gasteiger partial charge in [-0.05, 0) is 31.0 Å². The number of rotatable bonds is 4. The van der Waals surface area contributed by atoms with Gasteiger partial charge in [-0.2, -0.15) is 0 Å². The van der Waals surface area contributed by atoms with Gasteiger partial charge in [-0.25, -0.2) is 9.97 Å². The number of thioether (sulfide) groups is 1. The van der Waals surface area contributed by atoms with Gasteiger partial charge in [0.2, 0.25) is 0 Å². The lowest BCUT2D eigenvalue weighted by molar-refractivity contribution is 0.102. The van der Waals surface area contributed by atoms with Crippen molar-refractivity contribution < 1.29 is 4.79 Å². The predicted molar refractivity (Wildman–Crippen MR) is 102 cm³/mol. The summed E-state index contributed by atoms with van der Waals surface area (Å²) >= 11 is 1.57. The standard InChI is InChI=1S/C17H20N6OS/c1-17(6-7-25-16(18)23-17)11-4-3-5-12(8-11)22-15(24)13-9-21-14(19-2)10-20-13/h3-5,8-10H,6-7H2,1-2H3,(H2,18,23)(H,19,21)(H,22,24). The molecule has 0 spiro atoms. The second-order valence-corrected chi connectivity index (χ2v) is 7.01. The van der Waals surface area contributed by atoms with Crippen LogP contribution in [-0.4, -0.2) is 33.8 Å². The van der Waals surface area contributed by atoms with Crippen molar-refractivity contribution in [1.29, 1.82) is 0 Å². The molecule has 2 aromatic rings. The first-order valence-corrected chi connectivity index (χ1v) is 8.88. The molecule has 3 rings (SSSR count). The molecule has 8 heteroatoms. The van der Waals surface area contributed by atoms with E-state index in [4.69, 9.17) is 5.73 Å². The number of nitrogens with two attached hydrogens (primary N) is 1. The minimum atomic E-state index is -0.371. The molecule has 1 aliphatic rings. The fraction of sp³-hybridized carbons (Fsp3) is 0.294. The first-order chi connectivity index (χ1) is 12.0. The van der Waals surface area contributed by atoms with Crippen LogP contribution in [0, 0.1) is 0 Å². The molecule has 0 saturated heterocycles. The summed E-state index contributed by atoms with van der Waals surface area (Å²) in [6, 6.07) is 7.67. The van der Waals surface area contributed by atoms with Crippen molar-refractivity contribution in [2.45, 2.75) is 18.9 Å². The summed E-state index contributed by atoms with van der Waals surface area (Å²) in [5, 5.41) is 6.32. The van der Waals surface area contributed by atoms with Gasteiger partial charge in [-0.1, -0.05) is 23.9 Å². The van der Waals surface area contributed by atoms with E-state index < -0.39 is 0 Å². The first-order valence-electron chi connectivity index (χ1n) is 7.90. The molecule has 1 aromatic carbocycles. The molecular formula is C17H20N6OS. The first kappa shape index (κ1) is 17.2. The van der Waals surface area contributed by atoms with Crippen LogP contribution < -0.4 is 16.4 Å². The van der Waals surface area contributed by atoms with Crippen molar-refractivity contribution in [3.8, 4) is 0 Å². The highest BCUT2D eigenvalue weighted by molar-refractivity contribution is 8.13. The van der Waals surface area contributed by atoms with Crippen LogP contribution in [0.15, 0.2) is 41.7 Å². The number of carbonyl (C=O) groups is 1. The van der Waals surface area contributed by atoms with Crippen molar-refractivity contribution in [2.75, 3.05) is 23.4 Å². The van der Waals surface area contributed by atoms with Crippen molar-refractivity contribution in [1.82, 2.24) is 9.97 Å². The molecule has 0 radical (unpaired) electrons. The topological polar surface area (TPSA) is 105 Å². The number of nitrogens with one attached hydrogen (secondary N) is 2. The highest BCUT2D eigenvalue weighted by Gasteiger charge is 2.29. The Hall–Kier alpha value is -2.61. The molecule has 0 saturated carbocycles. The van der Waals surface area contributed by atoms with Crippen LogP contribution in [0.5, 0.6) is 0 Å². The molecule has 7 nitrogen and oxygen atoms in total. The van der Waals surface area contributed by atoms with Gasteiger partial charge in [0.05, 0.1) is 17.9 Å². The van der Waals surface area contributed by atoms with Gasteiger partial charge in [-0.15, -0.1) is 0 Å². The third-order valence-electron chi connectivity index (χ3n) is 4.08. The molecule has 1 aromatic heterocycles. The van der Waals surface area contributed by atoms with E-state index in [0.717, 1.165) is 17.7 Å². The average Bonchev–Trinajstić information content (AvgIpc) is 2.62.